The van der Waals surface area contributed by atoms with Crippen molar-refractivity contribution in [2.45, 2.75) is 56.9 Å². The van der Waals surface area contributed by atoms with Gasteiger partial charge < -0.3 is 10.5 Å². The molecular formula is C16H22ClNO. The molecule has 1 fully saturated rings. The highest BCUT2D eigenvalue weighted by atomic mass is 35.5. The smallest absolute Gasteiger partial charge is 0.141 e. The molecule has 0 saturated heterocycles. The standard InChI is InChI=1S/C16H22ClNO/c1-19-15-12(10-16(18)7-8-16)9-11-5-3-2-4-6-13(11)14(15)17/h9H,2-8,10,18H2,1H3. The Morgan fingerprint density at radius 1 is 1.26 bits per heavy atom. The number of halogens is 1. The fourth-order valence-electron chi connectivity index (χ4n) is 3.14. The van der Waals surface area contributed by atoms with Crippen molar-refractivity contribution in [3.63, 3.8) is 0 Å². The molecule has 0 atom stereocenters. The number of methoxy groups -OCH3 is 1. The van der Waals surface area contributed by atoms with E-state index >= 15 is 0 Å². The number of fused-ring (bicyclic) bond motifs is 1. The summed E-state index contributed by atoms with van der Waals surface area (Å²) in [5, 5.41) is 0.834. The third-order valence-corrected chi connectivity index (χ3v) is 4.90. The van der Waals surface area contributed by atoms with Crippen LogP contribution in [0, 0.1) is 0 Å². The lowest BCUT2D eigenvalue weighted by atomic mass is 9.95. The van der Waals surface area contributed by atoms with E-state index in [9.17, 15) is 0 Å². The first-order valence-electron chi connectivity index (χ1n) is 7.29. The number of ether oxygens (including phenoxy) is 1. The third-order valence-electron chi connectivity index (χ3n) is 4.50. The van der Waals surface area contributed by atoms with Crippen molar-refractivity contribution in [3.8, 4) is 5.75 Å². The minimum atomic E-state index is -0.00439. The molecule has 3 rings (SSSR count). The topological polar surface area (TPSA) is 35.2 Å². The van der Waals surface area contributed by atoms with E-state index in [1.54, 1.807) is 7.11 Å². The van der Waals surface area contributed by atoms with E-state index in [2.05, 4.69) is 6.07 Å². The Bertz CT molecular complexity index is 494. The normalized spacial score (nSPS) is 20.6. The van der Waals surface area contributed by atoms with Gasteiger partial charge in [0, 0.05) is 5.54 Å². The van der Waals surface area contributed by atoms with Gasteiger partial charge in [-0.05, 0) is 61.6 Å². The van der Waals surface area contributed by atoms with Crippen LogP contribution in [0.5, 0.6) is 5.75 Å². The van der Waals surface area contributed by atoms with Gasteiger partial charge in [-0.25, -0.2) is 0 Å². The van der Waals surface area contributed by atoms with E-state index in [-0.39, 0.29) is 5.54 Å². The second-order valence-electron chi connectivity index (χ2n) is 6.12. The predicted molar refractivity (Wildman–Crippen MR) is 79.1 cm³/mol. The molecule has 2 aliphatic carbocycles. The molecule has 0 spiro atoms. The maximum atomic E-state index is 6.59. The molecule has 2 nitrogen and oxygen atoms in total. The van der Waals surface area contributed by atoms with Gasteiger partial charge in [0.25, 0.3) is 0 Å². The SMILES string of the molecule is COc1c(CC2(N)CC2)cc2c(c1Cl)CCCCC2. The lowest BCUT2D eigenvalue weighted by Crippen LogP contribution is -2.25. The van der Waals surface area contributed by atoms with Crippen molar-refractivity contribution in [3.05, 3.63) is 27.8 Å². The van der Waals surface area contributed by atoms with Gasteiger partial charge >= 0.3 is 0 Å². The van der Waals surface area contributed by atoms with Crippen LogP contribution < -0.4 is 10.5 Å². The van der Waals surface area contributed by atoms with E-state index < -0.39 is 0 Å². The van der Waals surface area contributed by atoms with Gasteiger partial charge in [-0.1, -0.05) is 24.1 Å². The van der Waals surface area contributed by atoms with Crippen LogP contribution in [0.15, 0.2) is 6.07 Å². The highest BCUT2D eigenvalue weighted by molar-refractivity contribution is 6.33. The summed E-state index contributed by atoms with van der Waals surface area (Å²) in [5.74, 6) is 0.860. The fourth-order valence-corrected chi connectivity index (χ4v) is 3.55. The van der Waals surface area contributed by atoms with E-state index in [4.69, 9.17) is 22.1 Å². The summed E-state index contributed by atoms with van der Waals surface area (Å²) < 4.78 is 5.57. The highest BCUT2D eigenvalue weighted by Crippen LogP contribution is 2.42. The average Bonchev–Trinajstić information content (AvgIpc) is 3.13. The molecular weight excluding hydrogens is 258 g/mol. The molecule has 104 valence electrons. The van der Waals surface area contributed by atoms with Crippen LogP contribution in [-0.4, -0.2) is 12.6 Å². The Kier molecular flexibility index (Phi) is 3.48. The van der Waals surface area contributed by atoms with Crippen LogP contribution in [-0.2, 0) is 19.3 Å². The van der Waals surface area contributed by atoms with Crippen LogP contribution >= 0.6 is 11.6 Å². The van der Waals surface area contributed by atoms with Crippen LogP contribution in [0.1, 0.15) is 48.8 Å². The monoisotopic (exact) mass is 279 g/mol. The van der Waals surface area contributed by atoms with Crippen molar-refractivity contribution in [2.75, 3.05) is 7.11 Å². The summed E-state index contributed by atoms with van der Waals surface area (Å²) in [6.45, 7) is 0. The van der Waals surface area contributed by atoms with Gasteiger partial charge in [0.1, 0.15) is 5.75 Å². The molecule has 1 saturated carbocycles. The summed E-state index contributed by atoms with van der Waals surface area (Å²) in [5.41, 5.74) is 10.2. The Labute approximate surface area is 120 Å². The largest absolute Gasteiger partial charge is 0.495 e. The lowest BCUT2D eigenvalue weighted by Gasteiger charge is -2.19. The number of aryl methyl sites for hydroxylation is 1. The molecule has 0 amide bonds. The van der Waals surface area contributed by atoms with Crippen LogP contribution in [0.25, 0.3) is 0 Å². The summed E-state index contributed by atoms with van der Waals surface area (Å²) in [6.07, 6.45) is 9.14. The van der Waals surface area contributed by atoms with E-state index in [1.807, 2.05) is 0 Å². The number of hydrogen-bond donors (Lipinski definition) is 1. The Hall–Kier alpha value is -0.730. The van der Waals surface area contributed by atoms with Gasteiger partial charge in [-0.15, -0.1) is 0 Å². The number of nitrogens with two attached hydrogens (primary N) is 1. The van der Waals surface area contributed by atoms with E-state index in [0.717, 1.165) is 42.9 Å². The maximum absolute atomic E-state index is 6.59. The average molecular weight is 280 g/mol. The number of hydrogen-bond acceptors (Lipinski definition) is 2. The maximum Gasteiger partial charge on any atom is 0.141 e. The second kappa shape index (κ2) is 4.99. The van der Waals surface area contributed by atoms with Gasteiger partial charge in [0.05, 0.1) is 12.1 Å². The van der Waals surface area contributed by atoms with Crippen LogP contribution in [0.2, 0.25) is 5.02 Å². The first-order valence-corrected chi connectivity index (χ1v) is 7.67. The molecule has 0 heterocycles. The zero-order valence-electron chi connectivity index (χ0n) is 11.6. The molecule has 0 unspecified atom stereocenters. The first-order chi connectivity index (χ1) is 9.13. The molecule has 0 aliphatic heterocycles. The zero-order chi connectivity index (χ0) is 13.5. The minimum Gasteiger partial charge on any atom is -0.495 e. The number of rotatable bonds is 3. The van der Waals surface area contributed by atoms with Crippen molar-refractivity contribution in [1.29, 1.82) is 0 Å². The van der Waals surface area contributed by atoms with Gasteiger partial charge in [0.15, 0.2) is 0 Å². The Morgan fingerprint density at radius 3 is 2.68 bits per heavy atom. The Morgan fingerprint density at radius 2 is 2.00 bits per heavy atom. The molecule has 3 heteroatoms. The van der Waals surface area contributed by atoms with Crippen molar-refractivity contribution < 1.29 is 4.74 Å². The van der Waals surface area contributed by atoms with E-state index in [1.165, 1.54) is 36.0 Å². The van der Waals surface area contributed by atoms with Crippen molar-refractivity contribution in [1.82, 2.24) is 0 Å². The van der Waals surface area contributed by atoms with Crippen molar-refractivity contribution >= 4 is 11.6 Å². The summed E-state index contributed by atoms with van der Waals surface area (Å²) in [4.78, 5) is 0. The van der Waals surface area contributed by atoms with Crippen molar-refractivity contribution in [2.24, 2.45) is 5.73 Å². The molecule has 0 bridgehead atoms. The highest BCUT2D eigenvalue weighted by Gasteiger charge is 2.39. The predicted octanol–water partition coefficient (Wildman–Crippen LogP) is 3.65. The second-order valence-corrected chi connectivity index (χ2v) is 6.50. The Balaban J connectivity index is 2.03. The summed E-state index contributed by atoms with van der Waals surface area (Å²) in [7, 11) is 1.71. The third kappa shape index (κ3) is 2.61. The fraction of sp³-hybridized carbons (Fsp3) is 0.625. The molecule has 0 radical (unpaired) electrons. The van der Waals surface area contributed by atoms with E-state index in [0.29, 0.717) is 0 Å². The number of benzene rings is 1. The quantitative estimate of drug-likeness (QED) is 0.857. The van der Waals surface area contributed by atoms with Gasteiger partial charge in [-0.2, -0.15) is 0 Å². The molecule has 1 aromatic carbocycles. The van der Waals surface area contributed by atoms with Crippen LogP contribution in [0.4, 0.5) is 0 Å². The van der Waals surface area contributed by atoms with Gasteiger partial charge in [-0.3, -0.25) is 0 Å². The summed E-state index contributed by atoms with van der Waals surface area (Å²) >= 11 is 6.59. The lowest BCUT2D eigenvalue weighted by molar-refractivity contribution is 0.407. The zero-order valence-corrected chi connectivity index (χ0v) is 12.4. The molecule has 2 aliphatic rings. The van der Waals surface area contributed by atoms with Crippen LogP contribution in [0.3, 0.4) is 0 Å². The molecule has 0 aromatic heterocycles. The summed E-state index contributed by atoms with van der Waals surface area (Å²) in [6, 6.07) is 2.30. The minimum absolute atomic E-state index is 0.00439. The van der Waals surface area contributed by atoms with Gasteiger partial charge in [0.2, 0.25) is 0 Å². The molecule has 19 heavy (non-hydrogen) atoms. The first kappa shape index (κ1) is 13.3. The molecule has 1 aromatic rings. The molecule has 2 N–H and O–H groups in total.